The van der Waals surface area contributed by atoms with Gasteiger partial charge in [0, 0.05) is 13.1 Å². The number of esters is 1. The summed E-state index contributed by atoms with van der Waals surface area (Å²) in [6.07, 6.45) is 0. The van der Waals surface area contributed by atoms with E-state index in [1.807, 2.05) is 39.5 Å². The second-order valence-electron chi connectivity index (χ2n) is 6.22. The molecule has 104 valence electrons. The number of nitrogens with one attached hydrogen (secondary N) is 1. The highest BCUT2D eigenvalue weighted by molar-refractivity contribution is 5.87. The molecule has 0 spiro atoms. The lowest BCUT2D eigenvalue weighted by Crippen LogP contribution is -2.65. The van der Waals surface area contributed by atoms with E-state index in [-0.39, 0.29) is 11.9 Å². The second kappa shape index (κ2) is 4.88. The lowest BCUT2D eigenvalue weighted by Gasteiger charge is -2.44. The zero-order chi connectivity index (χ0) is 14.1. The summed E-state index contributed by atoms with van der Waals surface area (Å²) in [6.45, 7) is 12.2. The number of piperazine rings is 1. The summed E-state index contributed by atoms with van der Waals surface area (Å²) < 4.78 is 5.37. The number of rotatable bonds is 2. The van der Waals surface area contributed by atoms with Gasteiger partial charge < -0.3 is 10.1 Å². The smallest absolute Gasteiger partial charge is 0.323 e. The van der Waals surface area contributed by atoms with Gasteiger partial charge in [0.25, 0.3) is 0 Å². The van der Waals surface area contributed by atoms with Crippen molar-refractivity contribution >= 4 is 11.9 Å². The van der Waals surface area contributed by atoms with Crippen molar-refractivity contribution < 1.29 is 14.3 Å². The number of hydrogen-bond donors (Lipinski definition) is 1. The van der Waals surface area contributed by atoms with Crippen LogP contribution in [0.25, 0.3) is 0 Å². The largest absolute Gasteiger partial charge is 0.459 e. The summed E-state index contributed by atoms with van der Waals surface area (Å²) in [7, 11) is 0. The molecule has 18 heavy (non-hydrogen) atoms. The van der Waals surface area contributed by atoms with Crippen LogP contribution >= 0.6 is 0 Å². The van der Waals surface area contributed by atoms with Crippen molar-refractivity contribution in [3.63, 3.8) is 0 Å². The van der Waals surface area contributed by atoms with Crippen molar-refractivity contribution in [2.24, 2.45) is 0 Å². The summed E-state index contributed by atoms with van der Waals surface area (Å²) in [5.74, 6) is -0.338. The van der Waals surface area contributed by atoms with Gasteiger partial charge in [0.05, 0.1) is 5.54 Å². The first-order valence-corrected chi connectivity index (χ1v) is 6.33. The van der Waals surface area contributed by atoms with E-state index in [2.05, 4.69) is 5.32 Å². The van der Waals surface area contributed by atoms with Gasteiger partial charge in [-0.05, 0) is 41.5 Å². The zero-order valence-electron chi connectivity index (χ0n) is 12.2. The highest BCUT2D eigenvalue weighted by Gasteiger charge is 2.42. The third-order valence-corrected chi connectivity index (χ3v) is 3.13. The van der Waals surface area contributed by atoms with Crippen LogP contribution in [-0.4, -0.2) is 47.0 Å². The van der Waals surface area contributed by atoms with Crippen LogP contribution in [-0.2, 0) is 14.3 Å². The molecule has 1 N–H and O–H groups in total. The highest BCUT2D eigenvalue weighted by atomic mass is 16.6. The number of ether oxygens (including phenoxy) is 1. The Bertz CT molecular complexity index is 345. The van der Waals surface area contributed by atoms with Crippen molar-refractivity contribution in [3.05, 3.63) is 0 Å². The molecule has 5 heteroatoms. The molecule has 1 fully saturated rings. The van der Waals surface area contributed by atoms with E-state index in [9.17, 15) is 9.59 Å². The summed E-state index contributed by atoms with van der Waals surface area (Å²) in [4.78, 5) is 25.8. The number of carbonyl (C=O) groups is 2. The van der Waals surface area contributed by atoms with Gasteiger partial charge in [0.15, 0.2) is 0 Å². The molecule has 0 aromatic carbocycles. The third-order valence-electron chi connectivity index (χ3n) is 3.13. The monoisotopic (exact) mass is 256 g/mol. The fraction of sp³-hybridized carbons (Fsp3) is 0.846. The number of amides is 1. The van der Waals surface area contributed by atoms with Gasteiger partial charge >= 0.3 is 5.97 Å². The molecule has 1 aliphatic rings. The molecule has 0 aromatic rings. The van der Waals surface area contributed by atoms with Crippen molar-refractivity contribution in [2.75, 3.05) is 13.1 Å². The van der Waals surface area contributed by atoms with E-state index in [0.29, 0.717) is 13.1 Å². The first-order valence-electron chi connectivity index (χ1n) is 6.33. The average molecular weight is 256 g/mol. The molecule has 5 nitrogen and oxygen atoms in total. The summed E-state index contributed by atoms with van der Waals surface area (Å²) in [5.41, 5.74) is -1.19. The number of carbonyl (C=O) groups excluding carboxylic acids is 2. The predicted molar refractivity (Wildman–Crippen MR) is 69.1 cm³/mol. The van der Waals surface area contributed by atoms with Gasteiger partial charge in [0.2, 0.25) is 5.91 Å². The Labute approximate surface area is 109 Å². The quantitative estimate of drug-likeness (QED) is 0.747. The molecule has 1 saturated heterocycles. The third kappa shape index (κ3) is 3.22. The Hall–Kier alpha value is -1.10. The maximum atomic E-state index is 12.1. The lowest BCUT2D eigenvalue weighted by molar-refractivity contribution is -0.165. The van der Waals surface area contributed by atoms with Crippen LogP contribution < -0.4 is 5.32 Å². The summed E-state index contributed by atoms with van der Waals surface area (Å²) >= 11 is 0. The normalized spacial score (nSPS) is 22.2. The maximum Gasteiger partial charge on any atom is 0.323 e. The molecule has 0 bridgehead atoms. The highest BCUT2D eigenvalue weighted by Crippen LogP contribution is 2.22. The Balaban J connectivity index is 2.79. The average Bonchev–Trinajstić information content (AvgIpc) is 2.18. The van der Waals surface area contributed by atoms with E-state index in [4.69, 9.17) is 4.74 Å². The Kier molecular flexibility index (Phi) is 4.05. The Morgan fingerprint density at radius 1 is 1.44 bits per heavy atom. The molecular weight excluding hydrogens is 232 g/mol. The molecule has 0 aliphatic carbocycles. The molecule has 1 unspecified atom stereocenters. The van der Waals surface area contributed by atoms with Crippen LogP contribution in [0.3, 0.4) is 0 Å². The molecule has 1 amide bonds. The van der Waals surface area contributed by atoms with Crippen LogP contribution in [0.15, 0.2) is 0 Å². The van der Waals surface area contributed by atoms with Gasteiger partial charge in [-0.25, -0.2) is 0 Å². The van der Waals surface area contributed by atoms with Crippen LogP contribution in [0, 0.1) is 0 Å². The molecule has 1 atom stereocenters. The SMILES string of the molecule is CC(C(=O)OC(C)(C)C)N1CCNC(=O)C1(C)C. The van der Waals surface area contributed by atoms with Gasteiger partial charge in [0.1, 0.15) is 11.6 Å². The minimum Gasteiger partial charge on any atom is -0.459 e. The number of nitrogens with zero attached hydrogens (tertiary/aromatic N) is 1. The Morgan fingerprint density at radius 2 is 2.00 bits per heavy atom. The first kappa shape index (κ1) is 15.0. The van der Waals surface area contributed by atoms with E-state index in [0.717, 1.165) is 0 Å². The van der Waals surface area contributed by atoms with E-state index >= 15 is 0 Å². The maximum absolute atomic E-state index is 12.1. The molecular formula is C13H24N2O3. The fourth-order valence-electron chi connectivity index (χ4n) is 2.11. The topological polar surface area (TPSA) is 58.6 Å². The van der Waals surface area contributed by atoms with Crippen LogP contribution in [0.5, 0.6) is 0 Å². The minimum atomic E-state index is -0.686. The fourth-order valence-corrected chi connectivity index (χ4v) is 2.11. The van der Waals surface area contributed by atoms with E-state index < -0.39 is 17.2 Å². The molecule has 1 rings (SSSR count). The first-order chi connectivity index (χ1) is 8.05. The van der Waals surface area contributed by atoms with Gasteiger partial charge in [-0.15, -0.1) is 0 Å². The van der Waals surface area contributed by atoms with Crippen LogP contribution in [0.2, 0.25) is 0 Å². The zero-order valence-corrected chi connectivity index (χ0v) is 12.2. The summed E-state index contributed by atoms with van der Waals surface area (Å²) in [6, 6.07) is -0.426. The van der Waals surface area contributed by atoms with Crippen LogP contribution in [0.4, 0.5) is 0 Å². The molecule has 0 aromatic heterocycles. The van der Waals surface area contributed by atoms with E-state index in [1.165, 1.54) is 0 Å². The molecule has 1 aliphatic heterocycles. The lowest BCUT2D eigenvalue weighted by atomic mass is 9.96. The van der Waals surface area contributed by atoms with E-state index in [1.54, 1.807) is 6.92 Å². The second-order valence-corrected chi connectivity index (χ2v) is 6.22. The minimum absolute atomic E-state index is 0.0517. The van der Waals surface area contributed by atoms with Gasteiger partial charge in [-0.2, -0.15) is 0 Å². The predicted octanol–water partition coefficient (Wildman–Crippen LogP) is 0.927. The Morgan fingerprint density at radius 3 is 2.50 bits per heavy atom. The van der Waals surface area contributed by atoms with Crippen molar-refractivity contribution in [2.45, 2.75) is 58.7 Å². The van der Waals surface area contributed by atoms with Crippen molar-refractivity contribution in [1.82, 2.24) is 10.2 Å². The van der Waals surface area contributed by atoms with Gasteiger partial charge in [-0.3, -0.25) is 14.5 Å². The van der Waals surface area contributed by atoms with Crippen LogP contribution in [0.1, 0.15) is 41.5 Å². The molecule has 0 radical (unpaired) electrons. The summed E-state index contributed by atoms with van der Waals surface area (Å²) in [5, 5.41) is 2.81. The van der Waals surface area contributed by atoms with Crippen molar-refractivity contribution in [3.8, 4) is 0 Å². The van der Waals surface area contributed by atoms with Gasteiger partial charge in [-0.1, -0.05) is 0 Å². The van der Waals surface area contributed by atoms with Crippen molar-refractivity contribution in [1.29, 1.82) is 0 Å². The number of hydrogen-bond acceptors (Lipinski definition) is 4. The molecule has 1 heterocycles. The standard InChI is InChI=1S/C13H24N2O3/c1-9(10(16)18-12(2,3)4)15-8-7-14-11(17)13(15,5)6/h9H,7-8H2,1-6H3,(H,14,17). The molecule has 0 saturated carbocycles.